The predicted molar refractivity (Wildman–Crippen MR) is 105 cm³/mol. The molecule has 3 N–H and O–H groups in total. The highest BCUT2D eigenvalue weighted by atomic mass is 32.1. The van der Waals surface area contributed by atoms with Crippen molar-refractivity contribution in [2.45, 2.75) is 6.54 Å². The first kappa shape index (κ1) is 16.4. The molecular formula is C17H14N8O2S. The Balaban J connectivity index is 1.59. The standard InChI is InChI=1S/C17H14N8O2S/c1-24-13-10(14-15(24)22-17(28-14)27-12-5-6-19-23-12)7-20-25(16(13)26)8-9-3-2-4-11(18)21-9/h2-7H,8H2,1H3,(H2,18,21)(H,19,23). The Morgan fingerprint density at radius 2 is 2.18 bits per heavy atom. The number of H-pyrrole nitrogens is 1. The molecule has 0 saturated carbocycles. The fourth-order valence-electron chi connectivity index (χ4n) is 3.06. The molecule has 0 fully saturated rings. The topological polar surface area (TPSA) is 130 Å². The summed E-state index contributed by atoms with van der Waals surface area (Å²) in [7, 11) is 1.80. The molecule has 0 aromatic carbocycles. The van der Waals surface area contributed by atoms with Gasteiger partial charge < -0.3 is 15.0 Å². The molecule has 0 atom stereocenters. The van der Waals surface area contributed by atoms with Crippen LogP contribution in [0.3, 0.4) is 0 Å². The van der Waals surface area contributed by atoms with E-state index in [-0.39, 0.29) is 12.1 Å². The Bertz CT molecular complexity index is 1370. The number of nitrogen functional groups attached to an aromatic ring is 1. The number of anilines is 1. The highest BCUT2D eigenvalue weighted by Gasteiger charge is 2.19. The van der Waals surface area contributed by atoms with E-state index in [0.29, 0.717) is 33.7 Å². The Morgan fingerprint density at radius 3 is 2.96 bits per heavy atom. The maximum absolute atomic E-state index is 13.0. The van der Waals surface area contributed by atoms with E-state index in [0.717, 1.165) is 10.1 Å². The number of hydrogen-bond acceptors (Lipinski definition) is 8. The van der Waals surface area contributed by atoms with Crippen LogP contribution in [0.2, 0.25) is 0 Å². The van der Waals surface area contributed by atoms with Gasteiger partial charge in [-0.3, -0.25) is 4.79 Å². The maximum atomic E-state index is 13.0. The van der Waals surface area contributed by atoms with Crippen LogP contribution in [0.5, 0.6) is 11.1 Å². The number of nitrogens with zero attached hydrogens (tertiary/aromatic N) is 6. The van der Waals surface area contributed by atoms with Gasteiger partial charge in [0.1, 0.15) is 11.3 Å². The summed E-state index contributed by atoms with van der Waals surface area (Å²) in [5, 5.41) is 12.1. The second-order valence-corrected chi connectivity index (χ2v) is 7.10. The molecule has 0 radical (unpaired) electrons. The highest BCUT2D eigenvalue weighted by Crippen LogP contribution is 2.35. The van der Waals surface area contributed by atoms with E-state index in [1.807, 2.05) is 0 Å². The van der Waals surface area contributed by atoms with E-state index >= 15 is 0 Å². The number of ether oxygens (including phenoxy) is 1. The van der Waals surface area contributed by atoms with Crippen molar-refractivity contribution in [3.8, 4) is 11.1 Å². The molecule has 140 valence electrons. The van der Waals surface area contributed by atoms with Crippen LogP contribution in [0.1, 0.15) is 5.69 Å². The molecular weight excluding hydrogens is 380 g/mol. The van der Waals surface area contributed by atoms with Crippen LogP contribution < -0.4 is 16.0 Å². The number of hydrogen-bond donors (Lipinski definition) is 2. The van der Waals surface area contributed by atoms with Crippen LogP contribution in [0.15, 0.2) is 41.5 Å². The Kier molecular flexibility index (Phi) is 3.62. The lowest BCUT2D eigenvalue weighted by Gasteiger charge is -2.05. The van der Waals surface area contributed by atoms with Crippen LogP contribution in [0, 0.1) is 0 Å². The second kappa shape index (κ2) is 6.16. The minimum absolute atomic E-state index is 0.217. The molecule has 0 amide bonds. The van der Waals surface area contributed by atoms with Gasteiger partial charge in [-0.25, -0.2) is 14.8 Å². The Morgan fingerprint density at radius 1 is 1.29 bits per heavy atom. The van der Waals surface area contributed by atoms with E-state index in [9.17, 15) is 4.79 Å². The number of thiazole rings is 1. The number of rotatable bonds is 4. The van der Waals surface area contributed by atoms with Gasteiger partial charge in [0.15, 0.2) is 5.65 Å². The smallest absolute Gasteiger partial charge is 0.291 e. The molecule has 0 bridgehead atoms. The Hall–Kier alpha value is -3.73. The van der Waals surface area contributed by atoms with Crippen molar-refractivity contribution in [2.24, 2.45) is 7.05 Å². The normalized spacial score (nSPS) is 11.5. The first-order valence-electron chi connectivity index (χ1n) is 8.34. The van der Waals surface area contributed by atoms with Crippen molar-refractivity contribution in [1.29, 1.82) is 0 Å². The largest absolute Gasteiger partial charge is 0.412 e. The third-order valence-electron chi connectivity index (χ3n) is 4.32. The third-order valence-corrected chi connectivity index (χ3v) is 5.27. The van der Waals surface area contributed by atoms with Gasteiger partial charge >= 0.3 is 0 Å². The second-order valence-electron chi connectivity index (χ2n) is 6.14. The van der Waals surface area contributed by atoms with Crippen LogP contribution in [0.4, 0.5) is 5.82 Å². The fourth-order valence-corrected chi connectivity index (χ4v) is 4.03. The third kappa shape index (κ3) is 2.60. The predicted octanol–water partition coefficient (Wildman–Crippen LogP) is 1.89. The summed E-state index contributed by atoms with van der Waals surface area (Å²) in [6.45, 7) is 0.236. The number of aromatic amines is 1. The summed E-state index contributed by atoms with van der Waals surface area (Å²) in [6, 6.07) is 7.00. The van der Waals surface area contributed by atoms with Crippen molar-refractivity contribution >= 4 is 38.4 Å². The molecule has 5 heterocycles. The van der Waals surface area contributed by atoms with Gasteiger partial charge in [0.25, 0.3) is 10.8 Å². The van der Waals surface area contributed by atoms with Gasteiger partial charge in [-0.1, -0.05) is 17.4 Å². The average Bonchev–Trinajstić information content (AvgIpc) is 3.37. The lowest BCUT2D eigenvalue weighted by atomic mass is 10.3. The molecule has 0 unspecified atom stereocenters. The van der Waals surface area contributed by atoms with E-state index in [4.69, 9.17) is 10.5 Å². The monoisotopic (exact) mass is 394 g/mol. The molecule has 11 heteroatoms. The summed E-state index contributed by atoms with van der Waals surface area (Å²) in [6.07, 6.45) is 3.27. The molecule has 0 aliphatic heterocycles. The van der Waals surface area contributed by atoms with Crippen molar-refractivity contribution in [1.82, 2.24) is 34.5 Å². The average molecular weight is 394 g/mol. The first-order valence-corrected chi connectivity index (χ1v) is 9.15. The summed E-state index contributed by atoms with van der Waals surface area (Å²) in [5.74, 6) is 0.901. The van der Waals surface area contributed by atoms with E-state index in [2.05, 4.69) is 25.3 Å². The molecule has 10 nitrogen and oxygen atoms in total. The van der Waals surface area contributed by atoms with Crippen molar-refractivity contribution in [3.05, 3.63) is 52.7 Å². The van der Waals surface area contributed by atoms with Crippen LogP contribution in [-0.4, -0.2) is 34.5 Å². The van der Waals surface area contributed by atoms with Crippen LogP contribution >= 0.6 is 11.3 Å². The van der Waals surface area contributed by atoms with Crippen molar-refractivity contribution in [2.75, 3.05) is 5.73 Å². The van der Waals surface area contributed by atoms with Gasteiger partial charge in [0.05, 0.1) is 29.3 Å². The van der Waals surface area contributed by atoms with Gasteiger partial charge in [0.2, 0.25) is 5.88 Å². The molecule has 5 rings (SSSR count). The summed E-state index contributed by atoms with van der Waals surface area (Å²) >= 11 is 1.35. The highest BCUT2D eigenvalue weighted by molar-refractivity contribution is 7.21. The minimum Gasteiger partial charge on any atom is -0.412 e. The number of aromatic nitrogens is 7. The number of aryl methyl sites for hydroxylation is 1. The van der Waals surface area contributed by atoms with Gasteiger partial charge in [-0.15, -0.1) is 0 Å². The zero-order valence-electron chi connectivity index (χ0n) is 14.7. The summed E-state index contributed by atoms with van der Waals surface area (Å²) in [4.78, 5) is 21.7. The van der Waals surface area contributed by atoms with E-state index in [1.54, 1.807) is 48.3 Å². The van der Waals surface area contributed by atoms with Gasteiger partial charge in [-0.2, -0.15) is 15.2 Å². The van der Waals surface area contributed by atoms with E-state index in [1.165, 1.54) is 16.0 Å². The van der Waals surface area contributed by atoms with Crippen LogP contribution in [-0.2, 0) is 13.6 Å². The molecule has 0 aliphatic carbocycles. The summed E-state index contributed by atoms with van der Waals surface area (Å²) < 4.78 is 9.63. The SMILES string of the molecule is Cn1c2nc(Oc3ccn[nH]3)sc2c2cnn(Cc3cccc(N)n3)c(=O)c21. The van der Waals surface area contributed by atoms with Crippen LogP contribution in [0.25, 0.3) is 21.3 Å². The number of nitrogens with two attached hydrogens (primary N) is 1. The minimum atomic E-state index is -0.217. The molecule has 5 aromatic heterocycles. The van der Waals surface area contributed by atoms with Crippen molar-refractivity contribution < 1.29 is 4.74 Å². The molecule has 28 heavy (non-hydrogen) atoms. The lowest BCUT2D eigenvalue weighted by Crippen LogP contribution is -2.25. The molecule has 0 spiro atoms. The quantitative estimate of drug-likeness (QED) is 0.476. The lowest BCUT2D eigenvalue weighted by molar-refractivity contribution is 0.459. The number of pyridine rings is 1. The van der Waals surface area contributed by atoms with E-state index < -0.39 is 0 Å². The fraction of sp³-hybridized carbons (Fsp3) is 0.118. The van der Waals surface area contributed by atoms with Crippen molar-refractivity contribution in [3.63, 3.8) is 0 Å². The Labute approximate surface area is 161 Å². The first-order chi connectivity index (χ1) is 13.6. The van der Waals surface area contributed by atoms with Gasteiger partial charge in [0, 0.05) is 18.5 Å². The zero-order valence-corrected chi connectivity index (χ0v) is 15.5. The molecule has 0 aliphatic rings. The molecule has 0 saturated heterocycles. The summed E-state index contributed by atoms with van der Waals surface area (Å²) in [5.41, 5.74) is 7.35. The number of fused-ring (bicyclic) bond motifs is 3. The van der Waals surface area contributed by atoms with Gasteiger partial charge in [-0.05, 0) is 12.1 Å². The number of nitrogens with one attached hydrogen (secondary N) is 1. The zero-order chi connectivity index (χ0) is 19.3. The molecule has 5 aromatic rings. The maximum Gasteiger partial charge on any atom is 0.291 e.